The topological polar surface area (TPSA) is 58.4 Å². The van der Waals surface area contributed by atoms with Gasteiger partial charge in [-0.3, -0.25) is 4.79 Å². The largest absolute Gasteiger partial charge is 0.368 e. The Hall–Kier alpha value is -1.39. The highest BCUT2D eigenvalue weighted by molar-refractivity contribution is 5.79. The van der Waals surface area contributed by atoms with Crippen molar-refractivity contribution in [1.82, 2.24) is 10.2 Å². The smallest absolute Gasteiger partial charge is 0.234 e. The van der Waals surface area contributed by atoms with E-state index in [0.717, 1.165) is 32.5 Å². The highest BCUT2D eigenvalue weighted by Crippen LogP contribution is 2.02. The van der Waals surface area contributed by atoms with Crippen LogP contribution in [0, 0.1) is 0 Å². The molecule has 1 aromatic rings. The second kappa shape index (κ2) is 8.67. The zero-order chi connectivity index (χ0) is 14.1. The van der Waals surface area contributed by atoms with Crippen LogP contribution in [-0.2, 0) is 11.3 Å². The minimum Gasteiger partial charge on any atom is -0.368 e. The molecule has 0 aliphatic rings. The lowest BCUT2D eigenvalue weighted by Gasteiger charge is -2.18. The van der Waals surface area contributed by atoms with Gasteiger partial charge in [-0.1, -0.05) is 37.3 Å². The molecule has 106 valence electrons. The van der Waals surface area contributed by atoms with E-state index in [1.54, 1.807) is 0 Å². The fraction of sp³-hybridized carbons (Fsp3) is 0.533. The first-order valence-corrected chi connectivity index (χ1v) is 6.88. The van der Waals surface area contributed by atoms with Gasteiger partial charge in [-0.15, -0.1) is 0 Å². The lowest BCUT2D eigenvalue weighted by Crippen LogP contribution is -2.41. The first kappa shape index (κ1) is 15.7. The van der Waals surface area contributed by atoms with Gasteiger partial charge in [0, 0.05) is 6.54 Å². The van der Waals surface area contributed by atoms with Crippen LogP contribution in [0.15, 0.2) is 30.3 Å². The Morgan fingerprint density at radius 2 is 2.05 bits per heavy atom. The van der Waals surface area contributed by atoms with Gasteiger partial charge in [0.15, 0.2) is 0 Å². The second-order valence-corrected chi connectivity index (χ2v) is 4.89. The van der Waals surface area contributed by atoms with Gasteiger partial charge in [0.25, 0.3) is 0 Å². The minimum atomic E-state index is -0.264. The number of nitrogens with one attached hydrogen (secondary N) is 1. The van der Waals surface area contributed by atoms with Gasteiger partial charge in [-0.2, -0.15) is 0 Å². The Kier molecular flexibility index (Phi) is 7.15. The summed E-state index contributed by atoms with van der Waals surface area (Å²) in [4.78, 5) is 13.3. The van der Waals surface area contributed by atoms with Crippen molar-refractivity contribution in [2.75, 3.05) is 20.1 Å². The van der Waals surface area contributed by atoms with Crippen LogP contribution in [0.5, 0.6) is 0 Å². The van der Waals surface area contributed by atoms with Crippen LogP contribution in [-0.4, -0.2) is 37.0 Å². The van der Waals surface area contributed by atoms with E-state index in [4.69, 9.17) is 5.73 Å². The molecule has 1 atom stereocenters. The summed E-state index contributed by atoms with van der Waals surface area (Å²) in [5, 5.41) is 3.19. The maximum atomic E-state index is 11.0. The molecular formula is C15H25N3O. The number of rotatable bonds is 9. The average Bonchev–Trinajstić information content (AvgIpc) is 2.39. The van der Waals surface area contributed by atoms with Crippen molar-refractivity contribution >= 4 is 5.91 Å². The average molecular weight is 263 g/mol. The summed E-state index contributed by atoms with van der Waals surface area (Å²) in [6.07, 6.45) is 1.75. The number of carbonyl (C=O) groups is 1. The molecule has 0 spiro atoms. The first-order valence-electron chi connectivity index (χ1n) is 6.88. The summed E-state index contributed by atoms with van der Waals surface area (Å²) in [7, 11) is 2.11. The number of carbonyl (C=O) groups excluding carboxylic acids is 1. The number of benzene rings is 1. The van der Waals surface area contributed by atoms with E-state index in [9.17, 15) is 4.79 Å². The maximum absolute atomic E-state index is 11.0. The molecule has 0 aliphatic heterocycles. The molecule has 3 N–H and O–H groups in total. The van der Waals surface area contributed by atoms with E-state index in [-0.39, 0.29) is 11.9 Å². The molecule has 4 nitrogen and oxygen atoms in total. The molecule has 1 amide bonds. The van der Waals surface area contributed by atoms with E-state index < -0.39 is 0 Å². The van der Waals surface area contributed by atoms with Crippen LogP contribution in [0.1, 0.15) is 25.3 Å². The Bertz CT molecular complexity index is 367. The number of amides is 1. The fourth-order valence-electron chi connectivity index (χ4n) is 2.05. The number of hydrogen-bond donors (Lipinski definition) is 2. The van der Waals surface area contributed by atoms with Crippen molar-refractivity contribution < 1.29 is 4.79 Å². The second-order valence-electron chi connectivity index (χ2n) is 4.89. The van der Waals surface area contributed by atoms with Crippen molar-refractivity contribution in [3.05, 3.63) is 35.9 Å². The van der Waals surface area contributed by atoms with E-state index >= 15 is 0 Å². The van der Waals surface area contributed by atoms with Gasteiger partial charge >= 0.3 is 0 Å². The predicted octanol–water partition coefficient (Wildman–Crippen LogP) is 1.36. The standard InChI is InChI=1S/C15H25N3O/c1-3-14(15(16)19)17-10-7-11-18(2)12-13-8-5-4-6-9-13/h4-6,8-9,14,17H,3,7,10-12H2,1-2H3,(H2,16,19). The molecular weight excluding hydrogens is 238 g/mol. The van der Waals surface area contributed by atoms with Gasteiger partial charge < -0.3 is 16.0 Å². The van der Waals surface area contributed by atoms with E-state index in [1.165, 1.54) is 5.56 Å². The number of nitrogens with two attached hydrogens (primary N) is 1. The van der Waals surface area contributed by atoms with Gasteiger partial charge in [-0.05, 0) is 38.5 Å². The monoisotopic (exact) mass is 263 g/mol. The number of hydrogen-bond acceptors (Lipinski definition) is 3. The fourth-order valence-corrected chi connectivity index (χ4v) is 2.05. The molecule has 1 rings (SSSR count). The summed E-state index contributed by atoms with van der Waals surface area (Å²) in [5.41, 5.74) is 6.60. The zero-order valence-electron chi connectivity index (χ0n) is 11.9. The Labute approximate surface area is 116 Å². The van der Waals surface area contributed by atoms with Gasteiger partial charge in [0.05, 0.1) is 6.04 Å². The third kappa shape index (κ3) is 6.36. The summed E-state index contributed by atoms with van der Waals surface area (Å²) in [6.45, 7) is 4.73. The normalized spacial score (nSPS) is 12.6. The summed E-state index contributed by atoms with van der Waals surface area (Å²) < 4.78 is 0. The van der Waals surface area contributed by atoms with Crippen LogP contribution >= 0.6 is 0 Å². The molecule has 4 heteroatoms. The molecule has 0 aliphatic carbocycles. The quantitative estimate of drug-likeness (QED) is 0.661. The third-order valence-electron chi connectivity index (χ3n) is 3.15. The molecule has 0 fully saturated rings. The molecule has 0 saturated carbocycles. The molecule has 0 saturated heterocycles. The maximum Gasteiger partial charge on any atom is 0.234 e. The summed E-state index contributed by atoms with van der Waals surface area (Å²) in [5.74, 6) is -0.264. The van der Waals surface area contributed by atoms with Crippen LogP contribution in [0.3, 0.4) is 0 Å². The molecule has 19 heavy (non-hydrogen) atoms. The molecule has 0 radical (unpaired) electrons. The third-order valence-corrected chi connectivity index (χ3v) is 3.15. The highest BCUT2D eigenvalue weighted by Gasteiger charge is 2.10. The Morgan fingerprint density at radius 3 is 2.63 bits per heavy atom. The Balaban J connectivity index is 2.17. The minimum absolute atomic E-state index is 0.195. The van der Waals surface area contributed by atoms with Crippen molar-refractivity contribution in [2.45, 2.75) is 32.4 Å². The van der Waals surface area contributed by atoms with Crippen molar-refractivity contribution in [1.29, 1.82) is 0 Å². The SMILES string of the molecule is CCC(NCCCN(C)Cc1ccccc1)C(N)=O. The lowest BCUT2D eigenvalue weighted by atomic mass is 10.2. The van der Waals surface area contributed by atoms with Crippen molar-refractivity contribution in [3.8, 4) is 0 Å². The van der Waals surface area contributed by atoms with Crippen LogP contribution in [0.25, 0.3) is 0 Å². The van der Waals surface area contributed by atoms with E-state index in [1.807, 2.05) is 13.0 Å². The molecule has 0 aromatic heterocycles. The summed E-state index contributed by atoms with van der Waals surface area (Å²) >= 11 is 0. The van der Waals surface area contributed by atoms with Crippen LogP contribution < -0.4 is 11.1 Å². The Morgan fingerprint density at radius 1 is 1.37 bits per heavy atom. The molecule has 1 aromatic carbocycles. The summed E-state index contributed by atoms with van der Waals surface area (Å²) in [6, 6.07) is 10.2. The van der Waals surface area contributed by atoms with E-state index in [2.05, 4.69) is 41.5 Å². The van der Waals surface area contributed by atoms with Crippen molar-refractivity contribution in [3.63, 3.8) is 0 Å². The number of nitrogens with zero attached hydrogens (tertiary/aromatic N) is 1. The van der Waals surface area contributed by atoms with Gasteiger partial charge in [0.1, 0.15) is 0 Å². The van der Waals surface area contributed by atoms with Gasteiger partial charge in [-0.25, -0.2) is 0 Å². The van der Waals surface area contributed by atoms with E-state index in [0.29, 0.717) is 0 Å². The van der Waals surface area contributed by atoms with Crippen molar-refractivity contribution in [2.24, 2.45) is 5.73 Å². The molecule has 1 unspecified atom stereocenters. The molecule has 0 heterocycles. The lowest BCUT2D eigenvalue weighted by molar-refractivity contribution is -0.120. The van der Waals surface area contributed by atoms with Gasteiger partial charge in [0.2, 0.25) is 5.91 Å². The number of primary amides is 1. The first-order chi connectivity index (χ1) is 9.13. The van der Waals surface area contributed by atoms with Crippen LogP contribution in [0.4, 0.5) is 0 Å². The van der Waals surface area contributed by atoms with Crippen LogP contribution in [0.2, 0.25) is 0 Å². The zero-order valence-corrected chi connectivity index (χ0v) is 11.9. The predicted molar refractivity (Wildman–Crippen MR) is 78.7 cm³/mol. The molecule has 0 bridgehead atoms. The highest BCUT2D eigenvalue weighted by atomic mass is 16.1.